The maximum absolute atomic E-state index is 5.96. The predicted octanol–water partition coefficient (Wildman–Crippen LogP) is 2.80. The van der Waals surface area contributed by atoms with Crippen LogP contribution in [0, 0.1) is 0 Å². The van der Waals surface area contributed by atoms with Gasteiger partial charge in [-0.05, 0) is 37.1 Å². The maximum atomic E-state index is 5.96. The van der Waals surface area contributed by atoms with Gasteiger partial charge in [-0.15, -0.1) is 0 Å². The third kappa shape index (κ3) is 2.28. The third-order valence-corrected chi connectivity index (χ3v) is 4.34. The van der Waals surface area contributed by atoms with Crippen molar-refractivity contribution >= 4 is 28.4 Å². The fraction of sp³-hybridized carbons (Fsp3) is 0.294. The van der Waals surface area contributed by atoms with Gasteiger partial charge in [0, 0.05) is 11.1 Å². The Kier molecular flexibility index (Phi) is 2.99. The van der Waals surface area contributed by atoms with E-state index in [4.69, 9.17) is 10.7 Å². The SMILES string of the molecule is NC1=NC2(CCCC2)N=C(Nc2cccc3ccccc23)N1. The lowest BCUT2D eigenvalue weighted by molar-refractivity contribution is 0.457. The van der Waals surface area contributed by atoms with Gasteiger partial charge >= 0.3 is 0 Å². The molecule has 1 heterocycles. The molecule has 2 aromatic carbocycles. The highest BCUT2D eigenvalue weighted by molar-refractivity contribution is 6.09. The van der Waals surface area contributed by atoms with Gasteiger partial charge in [-0.25, -0.2) is 9.98 Å². The number of nitrogens with one attached hydrogen (secondary N) is 2. The molecule has 4 rings (SSSR count). The quantitative estimate of drug-likeness (QED) is 0.757. The van der Waals surface area contributed by atoms with E-state index in [0.717, 1.165) is 36.8 Å². The normalized spacial score (nSPS) is 19.6. The molecule has 112 valence electrons. The number of aliphatic imine (C=N–C) groups is 2. The molecule has 0 radical (unpaired) electrons. The van der Waals surface area contributed by atoms with E-state index in [1.54, 1.807) is 0 Å². The van der Waals surface area contributed by atoms with Gasteiger partial charge in [-0.1, -0.05) is 36.4 Å². The van der Waals surface area contributed by atoms with Crippen molar-refractivity contribution in [1.82, 2.24) is 5.32 Å². The summed E-state index contributed by atoms with van der Waals surface area (Å²) in [7, 11) is 0. The molecule has 1 saturated carbocycles. The summed E-state index contributed by atoms with van der Waals surface area (Å²) in [5.74, 6) is 1.13. The fourth-order valence-electron chi connectivity index (χ4n) is 3.32. The lowest BCUT2D eigenvalue weighted by Crippen LogP contribution is -2.48. The lowest BCUT2D eigenvalue weighted by atomic mass is 10.1. The monoisotopic (exact) mass is 293 g/mol. The fourth-order valence-corrected chi connectivity index (χ4v) is 3.32. The number of hydrogen-bond donors (Lipinski definition) is 3. The standard InChI is InChI=1S/C17H19N5/c18-15-20-16(22-17(21-15)10-3-4-11-17)19-14-9-5-7-12-6-1-2-8-13(12)14/h1-2,5-9H,3-4,10-11H2,(H4,18,19,20,21,22). The van der Waals surface area contributed by atoms with Crippen molar-refractivity contribution in [2.75, 3.05) is 5.32 Å². The summed E-state index contributed by atoms with van der Waals surface area (Å²) in [4.78, 5) is 9.32. The molecule has 0 aromatic heterocycles. The minimum Gasteiger partial charge on any atom is -0.370 e. The van der Waals surface area contributed by atoms with Gasteiger partial charge in [0.15, 0.2) is 11.6 Å². The second-order valence-electron chi connectivity index (χ2n) is 5.92. The molecule has 0 unspecified atom stereocenters. The molecule has 0 bridgehead atoms. The van der Waals surface area contributed by atoms with Crippen LogP contribution in [0.5, 0.6) is 0 Å². The van der Waals surface area contributed by atoms with E-state index < -0.39 is 0 Å². The number of nitrogens with two attached hydrogens (primary N) is 1. The van der Waals surface area contributed by atoms with Gasteiger partial charge < -0.3 is 11.1 Å². The van der Waals surface area contributed by atoms with Gasteiger partial charge in [0.05, 0.1) is 0 Å². The summed E-state index contributed by atoms with van der Waals surface area (Å²) >= 11 is 0. The Labute approximate surface area is 129 Å². The molecule has 22 heavy (non-hydrogen) atoms. The van der Waals surface area contributed by atoms with Crippen molar-refractivity contribution in [2.24, 2.45) is 15.7 Å². The molecule has 5 heteroatoms. The molecular weight excluding hydrogens is 274 g/mol. The number of fused-ring (bicyclic) bond motifs is 1. The van der Waals surface area contributed by atoms with Gasteiger partial charge in [0.25, 0.3) is 0 Å². The van der Waals surface area contributed by atoms with Crippen LogP contribution in [0.1, 0.15) is 25.7 Å². The van der Waals surface area contributed by atoms with Gasteiger partial charge in [-0.3, -0.25) is 5.32 Å². The number of benzene rings is 2. The highest BCUT2D eigenvalue weighted by Gasteiger charge is 2.36. The minimum absolute atomic E-state index is 0.359. The van der Waals surface area contributed by atoms with Crippen LogP contribution >= 0.6 is 0 Å². The molecular formula is C17H19N5. The first kappa shape index (κ1) is 13.1. The number of nitrogens with zero attached hydrogens (tertiary/aromatic N) is 2. The van der Waals surface area contributed by atoms with Gasteiger partial charge in [-0.2, -0.15) is 0 Å². The van der Waals surface area contributed by atoms with Crippen molar-refractivity contribution in [3.8, 4) is 0 Å². The third-order valence-electron chi connectivity index (χ3n) is 4.34. The van der Waals surface area contributed by atoms with E-state index in [1.165, 1.54) is 5.39 Å². The summed E-state index contributed by atoms with van der Waals surface area (Å²) in [5.41, 5.74) is 6.63. The van der Waals surface area contributed by atoms with Gasteiger partial charge in [0.2, 0.25) is 5.96 Å². The van der Waals surface area contributed by atoms with Crippen molar-refractivity contribution in [3.05, 3.63) is 42.5 Å². The minimum atomic E-state index is -0.359. The van der Waals surface area contributed by atoms with E-state index in [2.05, 4.69) is 39.9 Å². The van der Waals surface area contributed by atoms with Crippen molar-refractivity contribution < 1.29 is 0 Å². The molecule has 0 saturated heterocycles. The first-order valence-electron chi connectivity index (χ1n) is 7.71. The largest absolute Gasteiger partial charge is 0.370 e. The van der Waals surface area contributed by atoms with Crippen LogP contribution < -0.4 is 16.4 Å². The molecule has 0 atom stereocenters. The molecule has 2 aliphatic rings. The van der Waals surface area contributed by atoms with Crippen LogP contribution in [-0.2, 0) is 0 Å². The Morgan fingerprint density at radius 1 is 1.00 bits per heavy atom. The van der Waals surface area contributed by atoms with Crippen LogP contribution in [0.2, 0.25) is 0 Å². The smallest absolute Gasteiger partial charge is 0.205 e. The molecule has 4 N–H and O–H groups in total. The molecule has 1 fully saturated rings. The summed E-state index contributed by atoms with van der Waals surface area (Å²) in [6.07, 6.45) is 4.25. The summed E-state index contributed by atoms with van der Waals surface area (Å²) < 4.78 is 0. The summed E-state index contributed by atoms with van der Waals surface area (Å²) in [6, 6.07) is 14.5. The first-order chi connectivity index (χ1) is 10.7. The Balaban J connectivity index is 1.69. The van der Waals surface area contributed by atoms with E-state index in [0.29, 0.717) is 11.9 Å². The van der Waals surface area contributed by atoms with Gasteiger partial charge in [0.1, 0.15) is 0 Å². The Morgan fingerprint density at radius 2 is 1.77 bits per heavy atom. The second-order valence-corrected chi connectivity index (χ2v) is 5.92. The van der Waals surface area contributed by atoms with E-state index >= 15 is 0 Å². The maximum Gasteiger partial charge on any atom is 0.205 e. The Hall–Kier alpha value is -2.56. The number of anilines is 1. The van der Waals surface area contributed by atoms with E-state index in [-0.39, 0.29) is 5.66 Å². The van der Waals surface area contributed by atoms with Crippen LogP contribution in [0.15, 0.2) is 52.4 Å². The molecule has 1 spiro atoms. The number of guanidine groups is 2. The van der Waals surface area contributed by atoms with E-state index in [1.807, 2.05) is 18.2 Å². The molecule has 1 aliphatic carbocycles. The van der Waals surface area contributed by atoms with Crippen LogP contribution in [0.25, 0.3) is 10.8 Å². The molecule has 2 aromatic rings. The van der Waals surface area contributed by atoms with Crippen molar-refractivity contribution in [3.63, 3.8) is 0 Å². The highest BCUT2D eigenvalue weighted by atomic mass is 15.3. The zero-order valence-electron chi connectivity index (χ0n) is 12.3. The summed E-state index contributed by atoms with van der Waals surface area (Å²) in [6.45, 7) is 0. The second kappa shape index (κ2) is 5.02. The van der Waals surface area contributed by atoms with Crippen molar-refractivity contribution in [2.45, 2.75) is 31.3 Å². The highest BCUT2D eigenvalue weighted by Crippen LogP contribution is 2.35. The predicted molar refractivity (Wildman–Crippen MR) is 91.0 cm³/mol. The molecule has 1 aliphatic heterocycles. The zero-order valence-corrected chi connectivity index (χ0v) is 12.3. The first-order valence-corrected chi connectivity index (χ1v) is 7.71. The van der Waals surface area contributed by atoms with Crippen LogP contribution in [0.3, 0.4) is 0 Å². The number of rotatable bonds is 1. The average molecular weight is 293 g/mol. The van der Waals surface area contributed by atoms with Crippen molar-refractivity contribution in [1.29, 1.82) is 0 Å². The summed E-state index contributed by atoms with van der Waals surface area (Å²) in [5, 5.41) is 8.79. The van der Waals surface area contributed by atoms with Crippen LogP contribution in [-0.4, -0.2) is 17.6 Å². The molecule has 0 amide bonds. The average Bonchev–Trinajstić information content (AvgIpc) is 2.94. The Morgan fingerprint density at radius 3 is 2.64 bits per heavy atom. The lowest BCUT2D eigenvalue weighted by Gasteiger charge is -2.27. The molecule has 5 nitrogen and oxygen atoms in total. The topological polar surface area (TPSA) is 74.8 Å². The Bertz CT molecular complexity index is 766. The van der Waals surface area contributed by atoms with Crippen LogP contribution in [0.4, 0.5) is 5.69 Å². The van der Waals surface area contributed by atoms with E-state index in [9.17, 15) is 0 Å². The number of hydrogen-bond acceptors (Lipinski definition) is 5. The zero-order chi connectivity index (χ0) is 15.0.